The first-order valence-electron chi connectivity index (χ1n) is 3.02. The molecule has 9 heavy (non-hydrogen) atoms. The van der Waals surface area contributed by atoms with Gasteiger partial charge in [0.25, 0.3) is 0 Å². The van der Waals surface area contributed by atoms with E-state index in [0.29, 0.717) is 0 Å². The molecule has 1 aromatic carbocycles. The first-order valence-corrected chi connectivity index (χ1v) is 3.02. The van der Waals surface area contributed by atoms with Crippen molar-refractivity contribution in [1.82, 2.24) is 0 Å². The van der Waals surface area contributed by atoms with Crippen LogP contribution in [0.25, 0.3) is 0 Å². The van der Waals surface area contributed by atoms with Gasteiger partial charge in [-0.05, 0) is 25.1 Å². The summed E-state index contributed by atoms with van der Waals surface area (Å²) >= 11 is 0. The van der Waals surface area contributed by atoms with Crippen LogP contribution in [0.2, 0.25) is 0 Å². The Morgan fingerprint density at radius 1 is 1.67 bits per heavy atom. The van der Waals surface area contributed by atoms with Crippen molar-refractivity contribution in [1.29, 1.82) is 0 Å². The van der Waals surface area contributed by atoms with E-state index in [0.717, 1.165) is 12.4 Å². The first-order chi connectivity index (χ1) is 4.43. The summed E-state index contributed by atoms with van der Waals surface area (Å²) in [6.07, 6.45) is 0. The predicted octanol–water partition coefficient (Wildman–Crippen LogP) is 1.89. The number of hydrogen-bond donors (Lipinski definition) is 0. The summed E-state index contributed by atoms with van der Waals surface area (Å²) in [5.41, 5.74) is 0. The van der Waals surface area contributed by atoms with Gasteiger partial charge in [0.2, 0.25) is 0 Å². The zero-order chi connectivity index (χ0) is 6.53. The highest BCUT2D eigenvalue weighted by atomic mass is 16.5. The molecule has 1 aromatic rings. The molecule has 1 radical (unpaired) electrons. The van der Waals surface area contributed by atoms with Gasteiger partial charge in [0.15, 0.2) is 0 Å². The lowest BCUT2D eigenvalue weighted by Crippen LogP contribution is -1.89. The van der Waals surface area contributed by atoms with E-state index in [2.05, 4.69) is 6.07 Å². The van der Waals surface area contributed by atoms with E-state index in [1.165, 1.54) is 0 Å². The van der Waals surface area contributed by atoms with Gasteiger partial charge < -0.3 is 4.74 Å². The summed E-state index contributed by atoms with van der Waals surface area (Å²) in [7, 11) is 0. The van der Waals surface area contributed by atoms with Crippen LogP contribution in [0.5, 0.6) is 5.75 Å². The van der Waals surface area contributed by atoms with Gasteiger partial charge in [0.1, 0.15) is 5.75 Å². The van der Waals surface area contributed by atoms with Crippen molar-refractivity contribution in [3.63, 3.8) is 0 Å². The van der Waals surface area contributed by atoms with Crippen LogP contribution in [-0.2, 0) is 0 Å². The van der Waals surface area contributed by atoms with Crippen molar-refractivity contribution in [2.75, 3.05) is 6.61 Å². The molecule has 0 aliphatic rings. The van der Waals surface area contributed by atoms with Crippen molar-refractivity contribution in [2.24, 2.45) is 0 Å². The second kappa shape index (κ2) is 3.13. The fourth-order valence-electron chi connectivity index (χ4n) is 0.633. The highest BCUT2D eigenvalue weighted by Crippen LogP contribution is 2.06. The molecule has 0 saturated carbocycles. The van der Waals surface area contributed by atoms with Crippen LogP contribution in [0.3, 0.4) is 0 Å². The standard InChI is InChI=1S/C8H9O/c1-2-9-8-6-4-3-5-7-8/h3-4,6-7H,2H2,1H3. The molecule has 0 bridgehead atoms. The lowest BCUT2D eigenvalue weighted by molar-refractivity contribution is 0.340. The SMILES string of the molecule is CCOc1c[c]ccc1. The zero-order valence-corrected chi connectivity index (χ0v) is 5.42. The van der Waals surface area contributed by atoms with Gasteiger partial charge in [-0.3, -0.25) is 0 Å². The lowest BCUT2D eigenvalue weighted by Gasteiger charge is -1.98. The molecule has 1 rings (SSSR count). The summed E-state index contributed by atoms with van der Waals surface area (Å²) < 4.78 is 5.17. The van der Waals surface area contributed by atoms with Crippen molar-refractivity contribution in [2.45, 2.75) is 6.92 Å². The summed E-state index contributed by atoms with van der Waals surface area (Å²) in [6, 6.07) is 10.4. The Labute approximate surface area is 55.3 Å². The molecule has 0 spiro atoms. The molecule has 0 aromatic heterocycles. The maximum absolute atomic E-state index is 5.17. The molecule has 0 N–H and O–H groups in total. The van der Waals surface area contributed by atoms with Crippen molar-refractivity contribution < 1.29 is 4.74 Å². The third-order valence-corrected chi connectivity index (χ3v) is 0.990. The van der Waals surface area contributed by atoms with Crippen molar-refractivity contribution in [3.8, 4) is 5.75 Å². The molecular weight excluding hydrogens is 112 g/mol. The normalized spacial score (nSPS) is 9.00. The van der Waals surface area contributed by atoms with Crippen LogP contribution in [-0.4, -0.2) is 6.61 Å². The average molecular weight is 121 g/mol. The van der Waals surface area contributed by atoms with E-state index in [1.54, 1.807) is 0 Å². The minimum Gasteiger partial charge on any atom is -0.494 e. The summed E-state index contributed by atoms with van der Waals surface area (Å²) in [4.78, 5) is 0. The van der Waals surface area contributed by atoms with Gasteiger partial charge in [-0.1, -0.05) is 12.1 Å². The molecule has 1 heteroatoms. The summed E-state index contributed by atoms with van der Waals surface area (Å²) in [5.74, 6) is 0.889. The molecule has 0 atom stereocenters. The van der Waals surface area contributed by atoms with E-state index in [1.807, 2.05) is 31.2 Å². The van der Waals surface area contributed by atoms with Crippen LogP contribution >= 0.6 is 0 Å². The van der Waals surface area contributed by atoms with E-state index in [9.17, 15) is 0 Å². The number of benzene rings is 1. The van der Waals surface area contributed by atoms with Crippen LogP contribution in [0.1, 0.15) is 6.92 Å². The first kappa shape index (κ1) is 6.14. The molecule has 0 unspecified atom stereocenters. The second-order valence-corrected chi connectivity index (χ2v) is 1.67. The number of rotatable bonds is 2. The Hall–Kier alpha value is -0.980. The Morgan fingerprint density at radius 2 is 2.56 bits per heavy atom. The van der Waals surface area contributed by atoms with Gasteiger partial charge in [0.05, 0.1) is 6.61 Å². The molecule has 0 aliphatic carbocycles. The Kier molecular flexibility index (Phi) is 2.13. The Bertz CT molecular complexity index is 157. The minimum absolute atomic E-state index is 0.720. The Balaban J connectivity index is 2.61. The smallest absolute Gasteiger partial charge is 0.119 e. The van der Waals surface area contributed by atoms with Crippen LogP contribution in [0.15, 0.2) is 24.3 Å². The van der Waals surface area contributed by atoms with Gasteiger partial charge in [-0.25, -0.2) is 0 Å². The van der Waals surface area contributed by atoms with E-state index < -0.39 is 0 Å². The molecule has 1 nitrogen and oxygen atoms in total. The van der Waals surface area contributed by atoms with Crippen LogP contribution in [0, 0.1) is 6.07 Å². The maximum atomic E-state index is 5.17. The van der Waals surface area contributed by atoms with Crippen molar-refractivity contribution in [3.05, 3.63) is 30.3 Å². The van der Waals surface area contributed by atoms with Crippen LogP contribution < -0.4 is 4.74 Å². The maximum Gasteiger partial charge on any atom is 0.119 e. The fourth-order valence-corrected chi connectivity index (χ4v) is 0.633. The molecule has 0 fully saturated rings. The minimum atomic E-state index is 0.720. The molecule has 0 aliphatic heterocycles. The van der Waals surface area contributed by atoms with E-state index in [4.69, 9.17) is 4.74 Å². The van der Waals surface area contributed by atoms with E-state index >= 15 is 0 Å². The predicted molar refractivity (Wildman–Crippen MR) is 36.4 cm³/mol. The topological polar surface area (TPSA) is 9.23 Å². The highest BCUT2D eigenvalue weighted by Gasteiger charge is 1.84. The summed E-state index contributed by atoms with van der Waals surface area (Å²) in [6.45, 7) is 2.69. The number of ether oxygens (including phenoxy) is 1. The van der Waals surface area contributed by atoms with Gasteiger partial charge in [0, 0.05) is 0 Å². The lowest BCUT2D eigenvalue weighted by atomic mass is 10.3. The summed E-state index contributed by atoms with van der Waals surface area (Å²) in [5, 5.41) is 0. The quantitative estimate of drug-likeness (QED) is 0.580. The molecular formula is C8H9O. The average Bonchev–Trinajstić information content (AvgIpc) is 1.91. The number of hydrogen-bond acceptors (Lipinski definition) is 1. The third-order valence-electron chi connectivity index (χ3n) is 0.990. The second-order valence-electron chi connectivity index (χ2n) is 1.67. The molecule has 0 saturated heterocycles. The van der Waals surface area contributed by atoms with E-state index in [-0.39, 0.29) is 0 Å². The van der Waals surface area contributed by atoms with Gasteiger partial charge >= 0.3 is 0 Å². The van der Waals surface area contributed by atoms with Gasteiger partial charge in [-0.2, -0.15) is 0 Å². The third kappa shape index (κ3) is 1.76. The monoisotopic (exact) mass is 121 g/mol. The fraction of sp³-hybridized carbons (Fsp3) is 0.250. The molecule has 47 valence electrons. The van der Waals surface area contributed by atoms with Crippen molar-refractivity contribution >= 4 is 0 Å². The zero-order valence-electron chi connectivity index (χ0n) is 5.42. The molecule has 0 amide bonds. The Morgan fingerprint density at radius 3 is 3.11 bits per heavy atom. The van der Waals surface area contributed by atoms with Crippen LogP contribution in [0.4, 0.5) is 0 Å². The highest BCUT2D eigenvalue weighted by molar-refractivity contribution is 5.19. The molecule has 0 heterocycles. The largest absolute Gasteiger partial charge is 0.494 e. The van der Waals surface area contributed by atoms with Gasteiger partial charge in [-0.15, -0.1) is 0 Å².